The Hall–Kier alpha value is -1.10. The first-order valence-electron chi connectivity index (χ1n) is 6.62. The van der Waals surface area contributed by atoms with Gasteiger partial charge in [-0.3, -0.25) is 4.84 Å². The van der Waals surface area contributed by atoms with Crippen LogP contribution in [0.5, 0.6) is 0 Å². The molecule has 0 spiro atoms. The number of anilines is 1. The van der Waals surface area contributed by atoms with Crippen molar-refractivity contribution < 1.29 is 4.84 Å². The van der Waals surface area contributed by atoms with Gasteiger partial charge in [-0.25, -0.2) is 5.90 Å². The summed E-state index contributed by atoms with van der Waals surface area (Å²) in [6.07, 6.45) is 6.84. The van der Waals surface area contributed by atoms with Gasteiger partial charge in [0, 0.05) is 22.5 Å². The van der Waals surface area contributed by atoms with E-state index in [1.807, 2.05) is 6.07 Å². The normalized spacial score (nSPS) is 18.2. The van der Waals surface area contributed by atoms with Gasteiger partial charge in [0.25, 0.3) is 0 Å². The van der Waals surface area contributed by atoms with Gasteiger partial charge in [0.1, 0.15) is 6.10 Å². The number of benzene rings is 1. The third-order valence-corrected chi connectivity index (χ3v) is 4.10. The molecule has 0 radical (unpaired) electrons. The van der Waals surface area contributed by atoms with Crippen LogP contribution in [0.3, 0.4) is 0 Å². The smallest absolute Gasteiger partial charge is 0.107 e. The second kappa shape index (κ2) is 6.37. The summed E-state index contributed by atoms with van der Waals surface area (Å²) in [7, 11) is 0. The van der Waals surface area contributed by atoms with Crippen LogP contribution in [0.4, 0.5) is 5.69 Å². The Morgan fingerprint density at radius 2 is 2.00 bits per heavy atom. The van der Waals surface area contributed by atoms with Gasteiger partial charge in [-0.15, -0.1) is 0 Å². The van der Waals surface area contributed by atoms with Crippen LogP contribution in [-0.4, -0.2) is 6.21 Å². The van der Waals surface area contributed by atoms with Crippen LogP contribution in [-0.2, 0) is 4.84 Å². The van der Waals surface area contributed by atoms with Gasteiger partial charge in [0.2, 0.25) is 0 Å². The van der Waals surface area contributed by atoms with Crippen molar-refractivity contribution >= 4 is 23.5 Å². The number of nitrogens with two attached hydrogens (primary N) is 2. The van der Waals surface area contributed by atoms with Gasteiger partial charge in [-0.05, 0) is 36.5 Å². The highest BCUT2D eigenvalue weighted by molar-refractivity contribution is 6.31. The molecule has 1 aromatic rings. The Labute approximate surface area is 118 Å². The monoisotopic (exact) mass is 281 g/mol. The van der Waals surface area contributed by atoms with E-state index in [-0.39, 0.29) is 6.10 Å². The second-order valence-corrected chi connectivity index (χ2v) is 5.53. The van der Waals surface area contributed by atoms with Crippen LogP contribution < -0.4 is 11.6 Å². The molecule has 0 bridgehead atoms. The molecule has 0 amide bonds. The van der Waals surface area contributed by atoms with E-state index in [1.54, 1.807) is 6.07 Å². The van der Waals surface area contributed by atoms with Crippen molar-refractivity contribution in [3.05, 3.63) is 28.3 Å². The number of hydrogen-bond acceptors (Lipinski definition) is 4. The van der Waals surface area contributed by atoms with E-state index in [4.69, 9.17) is 33.5 Å². The molecule has 1 aliphatic rings. The molecular formula is C14H20ClN3O. The lowest BCUT2D eigenvalue weighted by molar-refractivity contribution is -0.00279. The zero-order valence-corrected chi connectivity index (χ0v) is 11.6. The maximum Gasteiger partial charge on any atom is 0.107 e. The van der Waals surface area contributed by atoms with Crippen LogP contribution in [0.1, 0.15) is 49.3 Å². The Morgan fingerprint density at radius 3 is 2.58 bits per heavy atom. The Kier molecular flexibility index (Phi) is 4.80. The molecule has 1 saturated carbocycles. The molecule has 1 unspecified atom stereocenters. The lowest BCUT2D eigenvalue weighted by Gasteiger charge is -2.30. The quantitative estimate of drug-likeness (QED) is 0.449. The summed E-state index contributed by atoms with van der Waals surface area (Å²) < 4.78 is 0. The van der Waals surface area contributed by atoms with E-state index < -0.39 is 0 Å². The lowest BCUT2D eigenvalue weighted by Crippen LogP contribution is -2.23. The number of halogens is 1. The molecule has 2 rings (SSSR count). The lowest BCUT2D eigenvalue weighted by atomic mass is 9.81. The fourth-order valence-corrected chi connectivity index (χ4v) is 3.17. The highest BCUT2D eigenvalue weighted by Gasteiger charge is 2.28. The largest absolute Gasteiger partial charge is 0.398 e. The zero-order chi connectivity index (χ0) is 13.8. The summed E-state index contributed by atoms with van der Waals surface area (Å²) >= 11 is 6.07. The average Bonchev–Trinajstić information content (AvgIpc) is 2.40. The molecule has 1 atom stereocenters. The van der Waals surface area contributed by atoms with Crippen LogP contribution >= 0.6 is 11.6 Å². The minimum Gasteiger partial charge on any atom is -0.398 e. The predicted molar refractivity (Wildman–Crippen MR) is 78.3 cm³/mol. The van der Waals surface area contributed by atoms with Gasteiger partial charge in [0.05, 0.1) is 0 Å². The van der Waals surface area contributed by atoms with Crippen molar-refractivity contribution in [2.45, 2.75) is 38.2 Å². The standard InChI is InChI=1S/C14H20ClN3O/c15-10-6-11(12(8-16)13(17)7-10)14(19-18)9-4-2-1-3-5-9/h6-9,14,16H,1-5,17-18H2. The molecule has 5 N–H and O–H groups in total. The summed E-state index contributed by atoms with van der Waals surface area (Å²) in [6, 6.07) is 3.46. The first kappa shape index (κ1) is 14.3. The highest BCUT2D eigenvalue weighted by atomic mass is 35.5. The minimum absolute atomic E-state index is 0.238. The van der Waals surface area contributed by atoms with Crippen molar-refractivity contribution in [1.82, 2.24) is 0 Å². The number of hydrogen-bond donors (Lipinski definition) is 3. The minimum atomic E-state index is -0.238. The molecule has 104 valence electrons. The molecule has 19 heavy (non-hydrogen) atoms. The van der Waals surface area contributed by atoms with E-state index in [0.717, 1.165) is 18.4 Å². The van der Waals surface area contributed by atoms with Crippen molar-refractivity contribution in [1.29, 1.82) is 5.41 Å². The average molecular weight is 282 g/mol. The molecule has 4 nitrogen and oxygen atoms in total. The molecule has 0 aliphatic heterocycles. The van der Waals surface area contributed by atoms with Gasteiger partial charge in [-0.2, -0.15) is 0 Å². The number of nitrogen functional groups attached to an aromatic ring is 1. The van der Waals surface area contributed by atoms with E-state index in [1.165, 1.54) is 25.5 Å². The Morgan fingerprint density at radius 1 is 1.32 bits per heavy atom. The first-order valence-corrected chi connectivity index (χ1v) is 7.00. The summed E-state index contributed by atoms with van der Waals surface area (Å²) in [4.78, 5) is 5.21. The van der Waals surface area contributed by atoms with Gasteiger partial charge in [-0.1, -0.05) is 30.9 Å². The number of rotatable bonds is 4. The summed E-state index contributed by atoms with van der Waals surface area (Å²) in [5.74, 6) is 5.87. The van der Waals surface area contributed by atoms with E-state index in [0.29, 0.717) is 22.2 Å². The van der Waals surface area contributed by atoms with Gasteiger partial charge < -0.3 is 11.1 Å². The first-order chi connectivity index (χ1) is 9.17. The van der Waals surface area contributed by atoms with Crippen molar-refractivity contribution in [3.63, 3.8) is 0 Å². The van der Waals surface area contributed by atoms with Crippen molar-refractivity contribution in [2.75, 3.05) is 5.73 Å². The van der Waals surface area contributed by atoms with E-state index in [2.05, 4.69) is 0 Å². The maximum absolute atomic E-state index is 7.53. The van der Waals surface area contributed by atoms with Crippen LogP contribution in [0.25, 0.3) is 0 Å². The molecule has 5 heteroatoms. The molecule has 1 aromatic carbocycles. The van der Waals surface area contributed by atoms with Crippen LogP contribution in [0.15, 0.2) is 12.1 Å². The van der Waals surface area contributed by atoms with Crippen LogP contribution in [0.2, 0.25) is 5.02 Å². The molecule has 0 aromatic heterocycles. The third kappa shape index (κ3) is 3.08. The SMILES string of the molecule is N=Cc1c(N)cc(Cl)cc1C(ON)C1CCCCC1. The summed E-state index contributed by atoms with van der Waals surface area (Å²) in [6.45, 7) is 0. The third-order valence-electron chi connectivity index (χ3n) is 3.88. The molecule has 1 fully saturated rings. The van der Waals surface area contributed by atoms with Crippen molar-refractivity contribution in [2.24, 2.45) is 11.8 Å². The Balaban J connectivity index is 2.38. The Bertz CT molecular complexity index is 458. The fourth-order valence-electron chi connectivity index (χ4n) is 2.94. The number of nitrogens with one attached hydrogen (secondary N) is 1. The van der Waals surface area contributed by atoms with E-state index in [9.17, 15) is 0 Å². The molecular weight excluding hydrogens is 262 g/mol. The zero-order valence-electron chi connectivity index (χ0n) is 10.9. The fraction of sp³-hybridized carbons (Fsp3) is 0.500. The highest BCUT2D eigenvalue weighted by Crippen LogP contribution is 2.39. The molecule has 1 aliphatic carbocycles. The van der Waals surface area contributed by atoms with Crippen LogP contribution in [0, 0.1) is 11.3 Å². The summed E-state index contributed by atoms with van der Waals surface area (Å²) in [5.41, 5.74) is 7.90. The van der Waals surface area contributed by atoms with E-state index >= 15 is 0 Å². The maximum atomic E-state index is 7.53. The summed E-state index contributed by atoms with van der Waals surface area (Å²) in [5, 5.41) is 8.09. The predicted octanol–water partition coefficient (Wildman–Crippen LogP) is 3.43. The molecule has 0 saturated heterocycles. The van der Waals surface area contributed by atoms with Gasteiger partial charge >= 0.3 is 0 Å². The van der Waals surface area contributed by atoms with Gasteiger partial charge in [0.15, 0.2) is 0 Å². The second-order valence-electron chi connectivity index (χ2n) is 5.10. The topological polar surface area (TPSA) is 85.1 Å². The van der Waals surface area contributed by atoms with Crippen molar-refractivity contribution in [3.8, 4) is 0 Å². The molecule has 0 heterocycles.